The number of nitrogens with one attached hydrogen (secondary N) is 1. The SMILES string of the molecule is CC(C)CN1CCN(C(=O)CSc2nc3ccc(NS(C)(=O)=O)cc3s2)CC1. The molecule has 2 heterocycles. The van der Waals surface area contributed by atoms with E-state index >= 15 is 0 Å². The number of amides is 1. The monoisotopic (exact) mass is 442 g/mol. The van der Waals surface area contributed by atoms with Gasteiger partial charge in [0.05, 0.1) is 27.9 Å². The molecule has 1 aliphatic heterocycles. The molecule has 0 saturated carbocycles. The van der Waals surface area contributed by atoms with E-state index in [0.29, 0.717) is 17.4 Å². The van der Waals surface area contributed by atoms with Gasteiger partial charge in [0.2, 0.25) is 15.9 Å². The molecule has 0 spiro atoms. The van der Waals surface area contributed by atoms with Crippen LogP contribution in [0, 0.1) is 5.92 Å². The van der Waals surface area contributed by atoms with Crippen LogP contribution in [0.3, 0.4) is 0 Å². The van der Waals surface area contributed by atoms with E-state index in [1.54, 1.807) is 18.2 Å². The smallest absolute Gasteiger partial charge is 0.233 e. The first kappa shape index (κ1) is 21.4. The van der Waals surface area contributed by atoms with Crippen molar-refractivity contribution in [3.63, 3.8) is 0 Å². The van der Waals surface area contributed by atoms with Crippen LogP contribution in [0.15, 0.2) is 22.5 Å². The molecule has 3 rings (SSSR count). The van der Waals surface area contributed by atoms with Crippen molar-refractivity contribution in [3.05, 3.63) is 18.2 Å². The van der Waals surface area contributed by atoms with Crippen molar-refractivity contribution in [1.29, 1.82) is 0 Å². The third-order valence-electron chi connectivity index (χ3n) is 4.34. The summed E-state index contributed by atoms with van der Waals surface area (Å²) in [5, 5.41) is 0. The third kappa shape index (κ3) is 6.07. The maximum atomic E-state index is 12.5. The zero-order chi connectivity index (χ0) is 20.3. The Hall–Kier alpha value is -1.36. The molecule has 28 heavy (non-hydrogen) atoms. The summed E-state index contributed by atoms with van der Waals surface area (Å²) in [5.74, 6) is 1.16. The maximum Gasteiger partial charge on any atom is 0.233 e. The van der Waals surface area contributed by atoms with Crippen LogP contribution in [0.2, 0.25) is 0 Å². The van der Waals surface area contributed by atoms with Gasteiger partial charge in [-0.1, -0.05) is 25.6 Å². The van der Waals surface area contributed by atoms with E-state index in [2.05, 4.69) is 28.5 Å². The second-order valence-electron chi connectivity index (χ2n) is 7.40. The van der Waals surface area contributed by atoms with Gasteiger partial charge in [0.15, 0.2) is 4.34 Å². The number of hydrogen-bond donors (Lipinski definition) is 1. The summed E-state index contributed by atoms with van der Waals surface area (Å²) in [4.78, 5) is 21.4. The zero-order valence-electron chi connectivity index (χ0n) is 16.3. The van der Waals surface area contributed by atoms with Crippen molar-refractivity contribution in [2.75, 3.05) is 49.5 Å². The number of thioether (sulfide) groups is 1. The lowest BCUT2D eigenvalue weighted by molar-refractivity contribution is -0.130. The summed E-state index contributed by atoms with van der Waals surface area (Å²) in [7, 11) is -3.31. The molecule has 0 bridgehead atoms. The van der Waals surface area contributed by atoms with Crippen LogP contribution in [-0.2, 0) is 14.8 Å². The predicted octanol–water partition coefficient (Wildman–Crippen LogP) is 2.56. The first-order valence-electron chi connectivity index (χ1n) is 9.21. The zero-order valence-corrected chi connectivity index (χ0v) is 18.8. The van der Waals surface area contributed by atoms with Gasteiger partial charge in [-0.25, -0.2) is 13.4 Å². The lowest BCUT2D eigenvalue weighted by atomic mass is 10.2. The number of carbonyl (C=O) groups excluding carboxylic acids is 1. The molecule has 1 N–H and O–H groups in total. The van der Waals surface area contributed by atoms with E-state index in [1.165, 1.54) is 23.1 Å². The highest BCUT2D eigenvalue weighted by Crippen LogP contribution is 2.31. The summed E-state index contributed by atoms with van der Waals surface area (Å²) < 4.78 is 26.9. The van der Waals surface area contributed by atoms with E-state index in [1.807, 2.05) is 4.90 Å². The summed E-state index contributed by atoms with van der Waals surface area (Å²) in [5.41, 5.74) is 1.33. The number of fused-ring (bicyclic) bond motifs is 1. The van der Waals surface area contributed by atoms with Crippen molar-refractivity contribution in [3.8, 4) is 0 Å². The number of rotatable bonds is 7. The molecule has 10 heteroatoms. The van der Waals surface area contributed by atoms with Crippen LogP contribution in [0.5, 0.6) is 0 Å². The number of hydrogen-bond acceptors (Lipinski definition) is 7. The Balaban J connectivity index is 1.54. The standard InChI is InChI=1S/C18H26N4O3S3/c1-13(2)11-21-6-8-22(9-7-21)17(23)12-26-18-19-15-5-4-14(10-16(15)27-18)20-28(3,24)25/h4-5,10,13,20H,6-9,11-12H2,1-3H3. The highest BCUT2D eigenvalue weighted by Gasteiger charge is 2.21. The van der Waals surface area contributed by atoms with Gasteiger partial charge in [0.25, 0.3) is 0 Å². The van der Waals surface area contributed by atoms with Gasteiger partial charge < -0.3 is 4.90 Å². The lowest BCUT2D eigenvalue weighted by Gasteiger charge is -2.35. The van der Waals surface area contributed by atoms with Crippen molar-refractivity contribution in [2.45, 2.75) is 18.2 Å². The van der Waals surface area contributed by atoms with E-state index in [-0.39, 0.29) is 5.91 Å². The molecule has 7 nitrogen and oxygen atoms in total. The van der Waals surface area contributed by atoms with Crippen molar-refractivity contribution in [2.24, 2.45) is 5.92 Å². The number of benzene rings is 1. The minimum atomic E-state index is -3.31. The molecule has 1 fully saturated rings. The number of thiazole rings is 1. The molecule has 0 radical (unpaired) electrons. The number of sulfonamides is 1. The Labute approximate surface area is 174 Å². The van der Waals surface area contributed by atoms with Gasteiger partial charge in [-0.3, -0.25) is 14.4 Å². The molecular weight excluding hydrogens is 416 g/mol. The van der Waals surface area contributed by atoms with Gasteiger partial charge in [-0.2, -0.15) is 0 Å². The summed E-state index contributed by atoms with van der Waals surface area (Å²) in [6.07, 6.45) is 1.12. The molecule has 1 aromatic carbocycles. The van der Waals surface area contributed by atoms with Gasteiger partial charge in [0.1, 0.15) is 0 Å². The van der Waals surface area contributed by atoms with E-state index < -0.39 is 10.0 Å². The van der Waals surface area contributed by atoms with Crippen LogP contribution < -0.4 is 4.72 Å². The van der Waals surface area contributed by atoms with Crippen molar-refractivity contribution >= 4 is 54.9 Å². The molecule has 0 unspecified atom stereocenters. The molecule has 154 valence electrons. The van der Waals surface area contributed by atoms with Crippen LogP contribution >= 0.6 is 23.1 Å². The van der Waals surface area contributed by atoms with Gasteiger partial charge >= 0.3 is 0 Å². The Kier molecular flexibility index (Phi) is 6.85. The number of anilines is 1. The maximum absolute atomic E-state index is 12.5. The highest BCUT2D eigenvalue weighted by atomic mass is 32.2. The van der Waals surface area contributed by atoms with Gasteiger partial charge in [0, 0.05) is 32.7 Å². The van der Waals surface area contributed by atoms with Crippen molar-refractivity contribution in [1.82, 2.24) is 14.8 Å². The van der Waals surface area contributed by atoms with Crippen LogP contribution in [0.4, 0.5) is 5.69 Å². The lowest BCUT2D eigenvalue weighted by Crippen LogP contribution is -2.49. The highest BCUT2D eigenvalue weighted by molar-refractivity contribution is 8.01. The molecule has 1 amide bonds. The topological polar surface area (TPSA) is 82.6 Å². The normalized spacial score (nSPS) is 16.1. The molecule has 2 aromatic rings. The third-order valence-corrected chi connectivity index (χ3v) is 7.09. The summed E-state index contributed by atoms with van der Waals surface area (Å²) >= 11 is 2.91. The number of aromatic nitrogens is 1. The van der Waals surface area contributed by atoms with Gasteiger partial charge in [-0.05, 0) is 24.1 Å². The molecular formula is C18H26N4O3S3. The fourth-order valence-electron chi connectivity index (χ4n) is 3.15. The molecule has 1 aliphatic rings. The number of piperazine rings is 1. The van der Waals surface area contributed by atoms with Crippen LogP contribution in [-0.4, -0.2) is 73.8 Å². The van der Waals surface area contributed by atoms with E-state index in [0.717, 1.165) is 53.5 Å². The molecule has 1 saturated heterocycles. The van der Waals surface area contributed by atoms with Gasteiger partial charge in [-0.15, -0.1) is 11.3 Å². The Morgan fingerprint density at radius 1 is 1.29 bits per heavy atom. The first-order valence-corrected chi connectivity index (χ1v) is 12.9. The Bertz CT molecular complexity index is 935. The molecule has 0 aliphatic carbocycles. The van der Waals surface area contributed by atoms with E-state index in [4.69, 9.17) is 0 Å². The average Bonchev–Trinajstić information content (AvgIpc) is 3.00. The van der Waals surface area contributed by atoms with Crippen LogP contribution in [0.25, 0.3) is 10.2 Å². The first-order chi connectivity index (χ1) is 13.2. The second kappa shape index (κ2) is 8.98. The predicted molar refractivity (Wildman–Crippen MR) is 117 cm³/mol. The van der Waals surface area contributed by atoms with Crippen molar-refractivity contribution < 1.29 is 13.2 Å². The fraction of sp³-hybridized carbons (Fsp3) is 0.556. The summed E-state index contributed by atoms with van der Waals surface area (Å²) in [6.45, 7) is 8.95. The Morgan fingerprint density at radius 3 is 2.64 bits per heavy atom. The Morgan fingerprint density at radius 2 is 2.00 bits per heavy atom. The fourth-order valence-corrected chi connectivity index (χ4v) is 5.72. The molecule has 0 atom stereocenters. The largest absolute Gasteiger partial charge is 0.339 e. The average molecular weight is 443 g/mol. The summed E-state index contributed by atoms with van der Waals surface area (Å²) in [6, 6.07) is 5.26. The van der Waals surface area contributed by atoms with E-state index in [9.17, 15) is 13.2 Å². The minimum Gasteiger partial charge on any atom is -0.339 e. The minimum absolute atomic E-state index is 0.146. The molecule has 1 aromatic heterocycles. The second-order valence-corrected chi connectivity index (χ2v) is 11.4. The number of carbonyl (C=O) groups is 1. The quantitative estimate of drug-likeness (QED) is 0.664. The number of nitrogens with zero attached hydrogens (tertiary/aromatic N) is 3. The van der Waals surface area contributed by atoms with Crippen LogP contribution in [0.1, 0.15) is 13.8 Å².